The molecule has 1 fully saturated rings. The predicted octanol–water partition coefficient (Wildman–Crippen LogP) is 2.95. The lowest BCUT2D eigenvalue weighted by atomic mass is 10.1. The molecule has 0 aliphatic carbocycles. The molecule has 0 amide bonds. The zero-order valence-electron chi connectivity index (χ0n) is 20.9. The summed E-state index contributed by atoms with van der Waals surface area (Å²) >= 11 is 0. The molecule has 4 aromatic rings. The second-order valence-corrected chi connectivity index (χ2v) is 11.2. The number of rotatable bonds is 7. The maximum absolute atomic E-state index is 15.0. The number of sulfonamides is 1. The van der Waals surface area contributed by atoms with E-state index in [4.69, 9.17) is 0 Å². The fourth-order valence-corrected chi connectivity index (χ4v) is 4.96. The van der Waals surface area contributed by atoms with Crippen LogP contribution >= 0.6 is 0 Å². The minimum Gasteiger partial charge on any atom is -0.364 e. The van der Waals surface area contributed by atoms with Gasteiger partial charge in [-0.05, 0) is 37.3 Å². The first kappa shape index (κ1) is 24.9. The molecular formula is C25H29FN8O2S. The van der Waals surface area contributed by atoms with Crippen molar-refractivity contribution < 1.29 is 12.8 Å². The molecule has 12 heteroatoms. The van der Waals surface area contributed by atoms with Gasteiger partial charge in [0.2, 0.25) is 16.0 Å². The molecule has 0 unspecified atom stereocenters. The van der Waals surface area contributed by atoms with Crippen LogP contribution in [0.15, 0.2) is 55.0 Å². The van der Waals surface area contributed by atoms with E-state index in [1.54, 1.807) is 24.5 Å². The van der Waals surface area contributed by atoms with E-state index in [9.17, 15) is 8.42 Å². The van der Waals surface area contributed by atoms with Gasteiger partial charge in [0.25, 0.3) is 0 Å². The second kappa shape index (κ2) is 9.94. The van der Waals surface area contributed by atoms with E-state index in [1.165, 1.54) is 13.1 Å². The third-order valence-electron chi connectivity index (χ3n) is 6.52. The van der Waals surface area contributed by atoms with Gasteiger partial charge in [0.15, 0.2) is 0 Å². The second-order valence-electron chi connectivity index (χ2n) is 9.17. The van der Waals surface area contributed by atoms with Gasteiger partial charge in [0, 0.05) is 68.0 Å². The topological polar surface area (TPSA) is 108 Å². The highest BCUT2D eigenvalue weighted by atomic mass is 32.2. The molecule has 37 heavy (non-hydrogen) atoms. The van der Waals surface area contributed by atoms with Crippen molar-refractivity contribution in [3.8, 4) is 0 Å². The Morgan fingerprint density at radius 3 is 2.84 bits per heavy atom. The lowest BCUT2D eigenvalue weighted by Crippen LogP contribution is -2.50. The first-order chi connectivity index (χ1) is 17.7. The van der Waals surface area contributed by atoms with Crippen molar-refractivity contribution >= 4 is 44.2 Å². The Hall–Kier alpha value is -3.77. The molecule has 0 spiro atoms. The number of nitrogens with one attached hydrogen (secondary N) is 2. The monoisotopic (exact) mass is 524 g/mol. The number of piperazine rings is 1. The van der Waals surface area contributed by atoms with E-state index in [0.29, 0.717) is 35.3 Å². The minimum atomic E-state index is -3.47. The normalized spacial score (nSPS) is 16.2. The van der Waals surface area contributed by atoms with Crippen LogP contribution in [0.4, 0.5) is 27.5 Å². The zero-order valence-corrected chi connectivity index (χ0v) is 21.7. The lowest BCUT2D eigenvalue weighted by Gasteiger charge is -2.36. The number of hydrogen-bond acceptors (Lipinski definition) is 8. The van der Waals surface area contributed by atoms with Crippen molar-refractivity contribution in [3.05, 3.63) is 66.4 Å². The molecular weight excluding hydrogens is 495 g/mol. The number of pyridine rings is 1. The third kappa shape index (κ3) is 5.20. The highest BCUT2D eigenvalue weighted by Crippen LogP contribution is 2.27. The maximum atomic E-state index is 15.0. The molecule has 3 aromatic heterocycles. The summed E-state index contributed by atoms with van der Waals surface area (Å²) in [4.78, 5) is 15.4. The zero-order chi connectivity index (χ0) is 26.2. The van der Waals surface area contributed by atoms with Crippen LogP contribution in [0.3, 0.4) is 0 Å². The third-order valence-corrected chi connectivity index (χ3v) is 7.69. The number of nitrogens with zero attached hydrogens (tertiary/aromatic N) is 6. The summed E-state index contributed by atoms with van der Waals surface area (Å²) < 4.78 is 42.2. The summed E-state index contributed by atoms with van der Waals surface area (Å²) in [5, 5.41) is 7.24. The van der Waals surface area contributed by atoms with Gasteiger partial charge in [0.1, 0.15) is 17.3 Å². The van der Waals surface area contributed by atoms with Crippen LogP contribution in [0.5, 0.6) is 0 Å². The van der Waals surface area contributed by atoms with Crippen molar-refractivity contribution in [2.24, 2.45) is 0 Å². The molecule has 1 aliphatic heterocycles. The first-order valence-electron chi connectivity index (χ1n) is 11.9. The van der Waals surface area contributed by atoms with Gasteiger partial charge in [-0.1, -0.05) is 6.07 Å². The number of fused-ring (bicyclic) bond motifs is 1. The molecule has 0 saturated carbocycles. The average Bonchev–Trinajstić information content (AvgIpc) is 3.26. The lowest BCUT2D eigenvalue weighted by molar-refractivity contribution is 0.491. The molecule has 1 saturated heterocycles. The number of benzene rings is 1. The van der Waals surface area contributed by atoms with Crippen molar-refractivity contribution in [3.63, 3.8) is 0 Å². The molecule has 10 nitrogen and oxygen atoms in total. The van der Waals surface area contributed by atoms with E-state index in [0.717, 1.165) is 41.1 Å². The van der Waals surface area contributed by atoms with Crippen LogP contribution in [-0.4, -0.2) is 66.9 Å². The Labute approximate surface area is 215 Å². The van der Waals surface area contributed by atoms with Crippen LogP contribution in [0, 0.1) is 5.82 Å². The fourth-order valence-electron chi connectivity index (χ4n) is 4.48. The average molecular weight is 525 g/mol. The van der Waals surface area contributed by atoms with Crippen LogP contribution < -0.4 is 19.8 Å². The quantitative estimate of drug-likeness (QED) is 0.380. The SMILES string of the molecule is C[C@H]1CNCCN1c1ccc(Nc2ncc3ccn(Cc4cccnc4N(C)S(C)(=O)=O)c3n2)cc1F. The summed E-state index contributed by atoms with van der Waals surface area (Å²) in [7, 11) is -1.99. The van der Waals surface area contributed by atoms with Crippen molar-refractivity contribution in [2.45, 2.75) is 19.5 Å². The van der Waals surface area contributed by atoms with Crippen LogP contribution in [-0.2, 0) is 16.6 Å². The molecule has 0 bridgehead atoms. The van der Waals surface area contributed by atoms with Gasteiger partial charge in [0.05, 0.1) is 18.5 Å². The van der Waals surface area contributed by atoms with Crippen LogP contribution in [0.1, 0.15) is 12.5 Å². The molecule has 1 aromatic carbocycles. The Morgan fingerprint density at radius 1 is 1.24 bits per heavy atom. The fraction of sp³-hybridized carbons (Fsp3) is 0.320. The Kier molecular flexibility index (Phi) is 6.69. The van der Waals surface area contributed by atoms with Gasteiger partial charge in [-0.15, -0.1) is 0 Å². The Balaban J connectivity index is 1.40. The largest absolute Gasteiger partial charge is 0.364 e. The number of halogens is 1. The van der Waals surface area contributed by atoms with E-state index >= 15 is 4.39 Å². The van der Waals surface area contributed by atoms with Gasteiger partial charge in [-0.3, -0.25) is 4.31 Å². The first-order valence-corrected chi connectivity index (χ1v) is 13.8. The Bertz CT molecular complexity index is 1540. The molecule has 5 rings (SSSR count). The summed E-state index contributed by atoms with van der Waals surface area (Å²) in [5.74, 6) is 0.380. The van der Waals surface area contributed by atoms with E-state index < -0.39 is 10.0 Å². The Morgan fingerprint density at radius 2 is 2.08 bits per heavy atom. The van der Waals surface area contributed by atoms with Crippen molar-refractivity contribution in [1.82, 2.24) is 24.8 Å². The van der Waals surface area contributed by atoms with E-state index in [-0.39, 0.29) is 11.9 Å². The van der Waals surface area contributed by atoms with Gasteiger partial charge >= 0.3 is 0 Å². The van der Waals surface area contributed by atoms with E-state index in [2.05, 4.69) is 37.4 Å². The summed E-state index contributed by atoms with van der Waals surface area (Å²) in [6, 6.07) is 10.8. The van der Waals surface area contributed by atoms with Crippen molar-refractivity contribution in [2.75, 3.05) is 47.5 Å². The van der Waals surface area contributed by atoms with Crippen LogP contribution in [0.2, 0.25) is 0 Å². The molecule has 4 heterocycles. The van der Waals surface area contributed by atoms with E-state index in [1.807, 2.05) is 29.0 Å². The van der Waals surface area contributed by atoms with Crippen molar-refractivity contribution in [1.29, 1.82) is 0 Å². The summed E-state index contributed by atoms with van der Waals surface area (Å²) in [6.07, 6.45) is 6.26. The highest BCUT2D eigenvalue weighted by Gasteiger charge is 2.21. The summed E-state index contributed by atoms with van der Waals surface area (Å²) in [6.45, 7) is 4.82. The maximum Gasteiger partial charge on any atom is 0.233 e. The van der Waals surface area contributed by atoms with Gasteiger partial charge in [-0.2, -0.15) is 4.98 Å². The van der Waals surface area contributed by atoms with Gasteiger partial charge in [-0.25, -0.2) is 22.8 Å². The van der Waals surface area contributed by atoms with Crippen LogP contribution in [0.25, 0.3) is 11.0 Å². The standard InChI is InChI=1S/C25H29FN8O2S/c1-17-14-27-10-12-34(17)22-7-6-20(13-21(22)26)30-25-29-15-18-8-11-33(24(18)31-25)16-19-5-4-9-28-23(19)32(2)37(3,35)36/h4-9,11,13,15,17,27H,10,12,14,16H2,1-3H3,(H,29,30,31)/t17-/m0/s1. The predicted molar refractivity (Wildman–Crippen MR) is 143 cm³/mol. The summed E-state index contributed by atoms with van der Waals surface area (Å²) in [5.41, 5.74) is 2.50. The number of aromatic nitrogens is 4. The molecule has 1 atom stereocenters. The molecule has 2 N–H and O–H groups in total. The van der Waals surface area contributed by atoms with Gasteiger partial charge < -0.3 is 20.1 Å². The highest BCUT2D eigenvalue weighted by molar-refractivity contribution is 7.92. The number of hydrogen-bond donors (Lipinski definition) is 2. The smallest absolute Gasteiger partial charge is 0.233 e. The molecule has 1 aliphatic rings. The number of anilines is 4. The minimum absolute atomic E-state index is 0.207. The molecule has 0 radical (unpaired) electrons. The molecule has 194 valence electrons.